The van der Waals surface area contributed by atoms with Crippen LogP contribution in [0.2, 0.25) is 0 Å². The van der Waals surface area contributed by atoms with Crippen LogP contribution in [-0.4, -0.2) is 29.2 Å². The molecule has 100 valence electrons. The van der Waals surface area contributed by atoms with E-state index in [0.717, 1.165) is 12.8 Å². The fraction of sp³-hybridized carbons (Fsp3) is 0.417. The number of hydrogen-bond donors (Lipinski definition) is 1. The van der Waals surface area contributed by atoms with Crippen LogP contribution in [-0.2, 0) is 4.74 Å². The zero-order chi connectivity index (χ0) is 13.2. The van der Waals surface area contributed by atoms with Gasteiger partial charge in [-0.05, 0) is 18.9 Å². The van der Waals surface area contributed by atoms with Gasteiger partial charge in [0.05, 0.1) is 4.92 Å². The lowest BCUT2D eigenvalue weighted by Gasteiger charge is -2.21. The quantitative estimate of drug-likeness (QED) is 0.675. The van der Waals surface area contributed by atoms with Crippen LogP contribution < -0.4 is 5.32 Å². The molecule has 0 saturated carbocycles. The Morgan fingerprint density at radius 3 is 2.89 bits per heavy atom. The number of non-ortho nitro benzene ring substituents is 1. The first kappa shape index (κ1) is 11.9. The van der Waals surface area contributed by atoms with E-state index in [0.29, 0.717) is 24.8 Å². The van der Waals surface area contributed by atoms with Crippen LogP contribution in [0.4, 0.5) is 11.7 Å². The number of nitro benzene ring substituents is 1. The van der Waals surface area contributed by atoms with Crippen molar-refractivity contribution in [1.82, 2.24) is 4.98 Å². The molecule has 1 aromatic heterocycles. The Bertz CT molecular complexity index is 604. The Morgan fingerprint density at radius 2 is 2.16 bits per heavy atom. The van der Waals surface area contributed by atoms with Gasteiger partial charge in [0.2, 0.25) is 0 Å². The SMILES string of the molecule is O=[N+]([O-])c1cccc2oc(NC3CCOCC3)nc12. The molecule has 7 heteroatoms. The molecule has 1 aromatic carbocycles. The van der Waals surface area contributed by atoms with Gasteiger partial charge in [-0.3, -0.25) is 10.1 Å². The van der Waals surface area contributed by atoms with E-state index in [1.807, 2.05) is 0 Å². The maximum atomic E-state index is 10.9. The summed E-state index contributed by atoms with van der Waals surface area (Å²) >= 11 is 0. The van der Waals surface area contributed by atoms with Gasteiger partial charge in [0.1, 0.15) is 0 Å². The number of nitro groups is 1. The number of nitrogens with one attached hydrogen (secondary N) is 1. The standard InChI is InChI=1S/C12H13N3O4/c16-15(17)9-2-1-3-10-11(9)14-12(19-10)13-8-4-6-18-7-5-8/h1-3,8H,4-7H2,(H,13,14). The molecule has 1 fully saturated rings. The van der Waals surface area contributed by atoms with Crippen molar-refractivity contribution in [2.75, 3.05) is 18.5 Å². The number of anilines is 1. The minimum atomic E-state index is -0.455. The largest absolute Gasteiger partial charge is 0.423 e. The molecule has 1 N–H and O–H groups in total. The van der Waals surface area contributed by atoms with E-state index in [2.05, 4.69) is 10.3 Å². The second-order valence-electron chi connectivity index (χ2n) is 4.43. The first-order chi connectivity index (χ1) is 9.24. The number of para-hydroxylation sites is 1. The van der Waals surface area contributed by atoms with E-state index in [1.54, 1.807) is 12.1 Å². The van der Waals surface area contributed by atoms with Crippen LogP contribution in [0.1, 0.15) is 12.8 Å². The molecule has 2 aromatic rings. The number of benzene rings is 1. The zero-order valence-corrected chi connectivity index (χ0v) is 10.2. The minimum Gasteiger partial charge on any atom is -0.423 e. The lowest BCUT2D eigenvalue weighted by Crippen LogP contribution is -2.27. The Balaban J connectivity index is 1.88. The maximum absolute atomic E-state index is 10.9. The van der Waals surface area contributed by atoms with Crippen molar-refractivity contribution in [3.63, 3.8) is 0 Å². The van der Waals surface area contributed by atoms with Crippen LogP contribution in [0, 0.1) is 10.1 Å². The average Bonchev–Trinajstić information content (AvgIpc) is 2.81. The number of fused-ring (bicyclic) bond motifs is 1. The highest BCUT2D eigenvalue weighted by Crippen LogP contribution is 2.28. The lowest BCUT2D eigenvalue weighted by molar-refractivity contribution is -0.383. The second kappa shape index (κ2) is 4.85. The van der Waals surface area contributed by atoms with Crippen molar-refractivity contribution in [1.29, 1.82) is 0 Å². The van der Waals surface area contributed by atoms with Crippen LogP contribution in [0.3, 0.4) is 0 Å². The summed E-state index contributed by atoms with van der Waals surface area (Å²) in [7, 11) is 0. The highest BCUT2D eigenvalue weighted by atomic mass is 16.6. The number of aromatic nitrogens is 1. The molecule has 1 saturated heterocycles. The number of hydrogen-bond acceptors (Lipinski definition) is 6. The Hall–Kier alpha value is -2.15. The predicted octanol–water partition coefficient (Wildman–Crippen LogP) is 2.33. The molecule has 2 heterocycles. The third kappa shape index (κ3) is 2.37. The molecule has 7 nitrogen and oxygen atoms in total. The molecule has 0 amide bonds. The number of oxazole rings is 1. The van der Waals surface area contributed by atoms with Gasteiger partial charge >= 0.3 is 0 Å². The van der Waals surface area contributed by atoms with Crippen molar-refractivity contribution >= 4 is 22.8 Å². The molecule has 0 spiro atoms. The van der Waals surface area contributed by atoms with Crippen molar-refractivity contribution in [2.24, 2.45) is 0 Å². The van der Waals surface area contributed by atoms with Crippen molar-refractivity contribution < 1.29 is 14.1 Å². The molecule has 0 aliphatic carbocycles. The summed E-state index contributed by atoms with van der Waals surface area (Å²) in [5, 5.41) is 14.1. The van der Waals surface area contributed by atoms with Gasteiger partial charge in [0.25, 0.3) is 11.7 Å². The van der Waals surface area contributed by atoms with Crippen LogP contribution in [0.25, 0.3) is 11.1 Å². The van der Waals surface area contributed by atoms with E-state index in [4.69, 9.17) is 9.15 Å². The molecular weight excluding hydrogens is 250 g/mol. The lowest BCUT2D eigenvalue weighted by atomic mass is 10.1. The first-order valence-electron chi connectivity index (χ1n) is 6.12. The molecule has 0 bridgehead atoms. The topological polar surface area (TPSA) is 90.4 Å². The highest BCUT2D eigenvalue weighted by Gasteiger charge is 2.20. The van der Waals surface area contributed by atoms with Crippen molar-refractivity contribution in [3.8, 4) is 0 Å². The maximum Gasteiger partial charge on any atom is 0.298 e. The normalized spacial score (nSPS) is 16.6. The zero-order valence-electron chi connectivity index (χ0n) is 10.2. The summed E-state index contributed by atoms with van der Waals surface area (Å²) < 4.78 is 10.8. The minimum absolute atomic E-state index is 0.0405. The first-order valence-corrected chi connectivity index (χ1v) is 6.12. The fourth-order valence-corrected chi connectivity index (χ4v) is 2.16. The summed E-state index contributed by atoms with van der Waals surface area (Å²) in [6.45, 7) is 1.41. The van der Waals surface area contributed by atoms with Crippen LogP contribution in [0.5, 0.6) is 0 Å². The van der Waals surface area contributed by atoms with Crippen LogP contribution in [0.15, 0.2) is 22.6 Å². The van der Waals surface area contributed by atoms with E-state index < -0.39 is 4.92 Å². The summed E-state index contributed by atoms with van der Waals surface area (Å²) in [5.74, 6) is 0. The van der Waals surface area contributed by atoms with E-state index in [-0.39, 0.29) is 17.2 Å². The van der Waals surface area contributed by atoms with Crippen LogP contribution >= 0.6 is 0 Å². The molecule has 19 heavy (non-hydrogen) atoms. The molecule has 0 radical (unpaired) electrons. The molecule has 1 aliphatic rings. The Kier molecular flexibility index (Phi) is 3.04. The molecular formula is C12H13N3O4. The summed E-state index contributed by atoms with van der Waals surface area (Å²) in [6, 6.07) is 5.24. The van der Waals surface area contributed by atoms with Gasteiger partial charge < -0.3 is 14.5 Å². The predicted molar refractivity (Wildman–Crippen MR) is 68.1 cm³/mol. The van der Waals surface area contributed by atoms with Gasteiger partial charge in [-0.15, -0.1) is 0 Å². The van der Waals surface area contributed by atoms with E-state index in [1.165, 1.54) is 6.07 Å². The van der Waals surface area contributed by atoms with E-state index in [9.17, 15) is 10.1 Å². The molecule has 0 atom stereocenters. The summed E-state index contributed by atoms with van der Waals surface area (Å²) in [5.41, 5.74) is 0.659. The second-order valence-corrected chi connectivity index (χ2v) is 4.43. The van der Waals surface area contributed by atoms with Gasteiger partial charge in [-0.25, -0.2) is 0 Å². The monoisotopic (exact) mass is 263 g/mol. The molecule has 3 rings (SSSR count). The Labute approximate surface area is 108 Å². The van der Waals surface area contributed by atoms with Crippen molar-refractivity contribution in [2.45, 2.75) is 18.9 Å². The van der Waals surface area contributed by atoms with Gasteiger partial charge in [-0.2, -0.15) is 4.98 Å². The summed E-state index contributed by atoms with van der Waals surface area (Å²) in [4.78, 5) is 14.6. The summed E-state index contributed by atoms with van der Waals surface area (Å²) in [6.07, 6.45) is 1.75. The highest BCUT2D eigenvalue weighted by molar-refractivity contribution is 5.84. The van der Waals surface area contributed by atoms with Gasteiger partial charge in [-0.1, -0.05) is 6.07 Å². The van der Waals surface area contributed by atoms with E-state index >= 15 is 0 Å². The van der Waals surface area contributed by atoms with Gasteiger partial charge in [0.15, 0.2) is 11.1 Å². The number of nitrogens with zero attached hydrogens (tertiary/aromatic N) is 2. The van der Waals surface area contributed by atoms with Crippen molar-refractivity contribution in [3.05, 3.63) is 28.3 Å². The molecule has 0 unspecified atom stereocenters. The smallest absolute Gasteiger partial charge is 0.298 e. The third-order valence-corrected chi connectivity index (χ3v) is 3.14. The molecule has 1 aliphatic heterocycles. The number of rotatable bonds is 3. The number of ether oxygens (including phenoxy) is 1. The third-order valence-electron chi connectivity index (χ3n) is 3.14. The fourth-order valence-electron chi connectivity index (χ4n) is 2.16. The average molecular weight is 263 g/mol. The van der Waals surface area contributed by atoms with Gasteiger partial charge in [0, 0.05) is 25.3 Å². The Morgan fingerprint density at radius 1 is 1.37 bits per heavy atom.